The van der Waals surface area contributed by atoms with Crippen LogP contribution in [0.2, 0.25) is 5.02 Å². The molecular formula is C21H20ClN3O7. The van der Waals surface area contributed by atoms with Gasteiger partial charge in [0, 0.05) is 29.4 Å². The van der Waals surface area contributed by atoms with Crippen molar-refractivity contribution in [3.05, 3.63) is 68.4 Å². The monoisotopic (exact) mass is 461 g/mol. The molecule has 0 spiro atoms. The minimum Gasteiger partial charge on any atom is -0.466 e. The number of rotatable bonds is 8. The van der Waals surface area contributed by atoms with Crippen molar-refractivity contribution in [1.29, 1.82) is 0 Å². The van der Waals surface area contributed by atoms with Crippen LogP contribution in [0.3, 0.4) is 0 Å². The Morgan fingerprint density at radius 3 is 2.66 bits per heavy atom. The van der Waals surface area contributed by atoms with Crippen molar-refractivity contribution < 1.29 is 29.1 Å². The Morgan fingerprint density at radius 1 is 1.28 bits per heavy atom. The molecule has 10 nitrogen and oxygen atoms in total. The number of halogens is 1. The number of nitrogens with zero attached hydrogens (tertiary/aromatic N) is 2. The number of hydrogen-bond donors (Lipinski definition) is 2. The molecule has 1 heterocycles. The lowest BCUT2D eigenvalue weighted by Crippen LogP contribution is -2.31. The summed E-state index contributed by atoms with van der Waals surface area (Å²) in [5.41, 5.74) is 0.609. The summed E-state index contributed by atoms with van der Waals surface area (Å²) in [5, 5.41) is 23.9. The maximum Gasteiger partial charge on any atom is 0.337 e. The third kappa shape index (κ3) is 4.98. The van der Waals surface area contributed by atoms with Crippen LogP contribution in [0.1, 0.15) is 5.56 Å². The minimum absolute atomic E-state index is 0.0176. The summed E-state index contributed by atoms with van der Waals surface area (Å²) in [6.07, 6.45) is 0. The van der Waals surface area contributed by atoms with Crippen LogP contribution in [0.5, 0.6) is 11.5 Å². The molecule has 168 valence electrons. The smallest absolute Gasteiger partial charge is 0.337 e. The second-order valence-electron chi connectivity index (χ2n) is 6.91. The lowest BCUT2D eigenvalue weighted by atomic mass is 10.2. The molecule has 0 fully saturated rings. The van der Waals surface area contributed by atoms with Crippen LogP contribution < -0.4 is 10.1 Å². The van der Waals surface area contributed by atoms with E-state index in [0.717, 1.165) is 5.56 Å². The second-order valence-corrected chi connectivity index (χ2v) is 7.31. The number of amides is 1. The van der Waals surface area contributed by atoms with Crippen molar-refractivity contribution in [1.82, 2.24) is 4.90 Å². The van der Waals surface area contributed by atoms with Gasteiger partial charge in [-0.1, -0.05) is 11.6 Å². The number of hydrogen-bond acceptors (Lipinski definition) is 8. The largest absolute Gasteiger partial charge is 0.466 e. The van der Waals surface area contributed by atoms with E-state index in [-0.39, 0.29) is 48.1 Å². The topological polar surface area (TPSA) is 131 Å². The van der Waals surface area contributed by atoms with Crippen LogP contribution in [0.4, 0.5) is 11.4 Å². The first-order valence-corrected chi connectivity index (χ1v) is 9.83. The molecule has 0 atom stereocenters. The van der Waals surface area contributed by atoms with Crippen molar-refractivity contribution in [2.45, 2.75) is 6.92 Å². The van der Waals surface area contributed by atoms with Crippen molar-refractivity contribution in [3.63, 3.8) is 0 Å². The van der Waals surface area contributed by atoms with Crippen molar-refractivity contribution >= 4 is 34.9 Å². The highest BCUT2D eigenvalue weighted by molar-refractivity contribution is 6.31. The van der Waals surface area contributed by atoms with Crippen LogP contribution >= 0.6 is 11.6 Å². The Hall–Kier alpha value is -3.63. The van der Waals surface area contributed by atoms with Crippen molar-refractivity contribution in [2.24, 2.45) is 0 Å². The summed E-state index contributed by atoms with van der Waals surface area (Å²) in [7, 11) is 1.18. The van der Waals surface area contributed by atoms with E-state index in [9.17, 15) is 19.7 Å². The summed E-state index contributed by atoms with van der Waals surface area (Å²) in [5.74, 6) is -0.707. The molecule has 0 saturated carbocycles. The van der Waals surface area contributed by atoms with Gasteiger partial charge < -0.3 is 24.8 Å². The molecule has 32 heavy (non-hydrogen) atoms. The lowest BCUT2D eigenvalue weighted by Gasteiger charge is -2.15. The van der Waals surface area contributed by atoms with Crippen molar-refractivity contribution in [2.75, 3.05) is 32.1 Å². The van der Waals surface area contributed by atoms with Gasteiger partial charge in [-0.05, 0) is 30.7 Å². The maximum absolute atomic E-state index is 12.7. The highest BCUT2D eigenvalue weighted by atomic mass is 35.5. The highest BCUT2D eigenvalue weighted by Gasteiger charge is 2.34. The zero-order valence-electron chi connectivity index (χ0n) is 17.3. The number of esters is 1. The number of carbonyl (C=O) groups excluding carboxylic acids is 2. The van der Waals surface area contributed by atoms with Crippen LogP contribution in [0.15, 0.2) is 47.7 Å². The Labute approximate surface area is 188 Å². The standard InChI is InChI=1S/C21H20ClN3O7/c1-12-7-15(3-4-18(12)22)32-16-9-13(8-14(10-16)25(29)30)23-19-17(21(28)31-2)11-24(5-6-26)20(19)27/h3-4,7-10,23,26H,5-6,11H2,1-2H3. The highest BCUT2D eigenvalue weighted by Crippen LogP contribution is 2.33. The fourth-order valence-electron chi connectivity index (χ4n) is 3.13. The average molecular weight is 462 g/mol. The number of nitro groups is 1. The molecule has 2 aromatic carbocycles. The van der Waals surface area contributed by atoms with Crippen molar-refractivity contribution in [3.8, 4) is 11.5 Å². The maximum atomic E-state index is 12.7. The van der Waals surface area contributed by atoms with Gasteiger partial charge in [-0.25, -0.2) is 4.79 Å². The molecule has 2 N–H and O–H groups in total. The number of non-ortho nitro benzene ring substituents is 1. The number of anilines is 1. The lowest BCUT2D eigenvalue weighted by molar-refractivity contribution is -0.384. The number of methoxy groups -OCH3 is 1. The Balaban J connectivity index is 1.97. The Bertz CT molecular complexity index is 1120. The number of benzene rings is 2. The number of aryl methyl sites for hydroxylation is 1. The third-order valence-electron chi connectivity index (χ3n) is 4.69. The molecule has 11 heteroatoms. The quantitative estimate of drug-likeness (QED) is 0.348. The molecule has 0 unspecified atom stereocenters. The SMILES string of the molecule is COC(=O)C1=C(Nc2cc(Oc3ccc(Cl)c(C)c3)cc([N+](=O)[O-])c2)C(=O)N(CCO)C1. The van der Waals surface area contributed by atoms with Crippen LogP contribution in [0.25, 0.3) is 0 Å². The van der Waals surface area contributed by atoms with Gasteiger partial charge >= 0.3 is 5.97 Å². The number of nitro benzene ring substituents is 1. The molecule has 0 radical (unpaired) electrons. The molecular weight excluding hydrogens is 442 g/mol. The third-order valence-corrected chi connectivity index (χ3v) is 5.11. The number of β-amino-alcohol motifs (C(OH)–C–C–N with tert-alkyl or cyclic N) is 1. The van der Waals surface area contributed by atoms with Gasteiger partial charge in [-0.2, -0.15) is 0 Å². The fourth-order valence-corrected chi connectivity index (χ4v) is 3.25. The van der Waals surface area contributed by atoms with Crippen LogP contribution in [0, 0.1) is 17.0 Å². The predicted octanol–water partition coefficient (Wildman–Crippen LogP) is 3.02. The normalized spacial score (nSPS) is 13.4. The molecule has 1 aliphatic rings. The Morgan fingerprint density at radius 2 is 2.03 bits per heavy atom. The first kappa shape index (κ1) is 23.0. The van der Waals surface area contributed by atoms with E-state index >= 15 is 0 Å². The number of aliphatic hydroxyl groups excluding tert-OH is 1. The van der Waals surface area contributed by atoms with E-state index in [1.807, 2.05) is 0 Å². The van der Waals surface area contributed by atoms with Gasteiger partial charge in [0.1, 0.15) is 17.2 Å². The molecule has 0 bridgehead atoms. The summed E-state index contributed by atoms with van der Waals surface area (Å²) in [4.78, 5) is 36.9. The molecule has 0 aromatic heterocycles. The number of ether oxygens (including phenoxy) is 2. The number of aliphatic hydroxyl groups is 1. The summed E-state index contributed by atoms with van der Waals surface area (Å²) >= 11 is 6.02. The zero-order valence-corrected chi connectivity index (χ0v) is 18.0. The second kappa shape index (κ2) is 9.67. The van der Waals surface area contributed by atoms with Crippen LogP contribution in [-0.4, -0.2) is 53.6 Å². The molecule has 3 rings (SSSR count). The fraction of sp³-hybridized carbons (Fsp3) is 0.238. The summed E-state index contributed by atoms with van der Waals surface area (Å²) in [6, 6.07) is 8.85. The van der Waals surface area contributed by atoms with E-state index in [2.05, 4.69) is 5.32 Å². The van der Waals surface area contributed by atoms with E-state index in [1.165, 1.54) is 30.2 Å². The molecule has 1 aliphatic heterocycles. The molecule has 0 aliphatic carbocycles. The summed E-state index contributed by atoms with van der Waals surface area (Å²) in [6.45, 7) is 1.46. The van der Waals surface area contributed by atoms with Gasteiger partial charge in [0.2, 0.25) is 0 Å². The van der Waals surface area contributed by atoms with Crippen LogP contribution in [-0.2, 0) is 14.3 Å². The van der Waals surface area contributed by atoms with E-state index < -0.39 is 16.8 Å². The first-order chi connectivity index (χ1) is 15.2. The molecule has 2 aromatic rings. The molecule has 0 saturated heterocycles. The van der Waals surface area contributed by atoms with Gasteiger partial charge in [-0.15, -0.1) is 0 Å². The van der Waals surface area contributed by atoms with E-state index in [0.29, 0.717) is 10.8 Å². The number of carbonyl (C=O) groups is 2. The number of nitrogens with one attached hydrogen (secondary N) is 1. The zero-order chi connectivity index (χ0) is 23.4. The predicted molar refractivity (Wildman–Crippen MR) is 116 cm³/mol. The summed E-state index contributed by atoms with van der Waals surface area (Å²) < 4.78 is 10.5. The van der Waals surface area contributed by atoms with Gasteiger partial charge in [0.25, 0.3) is 11.6 Å². The average Bonchev–Trinajstić information content (AvgIpc) is 3.06. The van der Waals surface area contributed by atoms with Gasteiger partial charge in [0.15, 0.2) is 0 Å². The first-order valence-electron chi connectivity index (χ1n) is 9.45. The molecule has 1 amide bonds. The van der Waals surface area contributed by atoms with Gasteiger partial charge in [-0.3, -0.25) is 14.9 Å². The minimum atomic E-state index is -0.722. The van der Waals surface area contributed by atoms with Gasteiger partial charge in [0.05, 0.1) is 36.8 Å². The van der Waals surface area contributed by atoms with E-state index in [1.54, 1.807) is 25.1 Å². The van der Waals surface area contributed by atoms with E-state index in [4.69, 9.17) is 26.2 Å². The Kier molecular flexibility index (Phi) is 6.96.